The van der Waals surface area contributed by atoms with Gasteiger partial charge < -0.3 is 5.73 Å². The third-order valence-electron chi connectivity index (χ3n) is 2.30. The van der Waals surface area contributed by atoms with Crippen molar-refractivity contribution >= 4 is 11.6 Å². The minimum Gasteiger partial charge on any atom is -0.383 e. The molecular formula is C12H18N2O. The first-order valence-corrected chi connectivity index (χ1v) is 5.26. The quantitative estimate of drug-likeness (QED) is 0.770. The molecule has 3 nitrogen and oxygen atoms in total. The molecule has 1 heterocycles. The van der Waals surface area contributed by atoms with Crippen molar-refractivity contribution in [1.29, 1.82) is 0 Å². The van der Waals surface area contributed by atoms with Crippen molar-refractivity contribution in [2.24, 2.45) is 5.92 Å². The van der Waals surface area contributed by atoms with Crippen LogP contribution in [0.1, 0.15) is 42.6 Å². The standard InChI is InChI=1S/C12H18N2O/c1-8(2)4-5-11(15)10-6-9(3)7-14-12(10)13/h6-8H,4-5H2,1-3H3,(H2,13,14). The van der Waals surface area contributed by atoms with Gasteiger partial charge in [-0.1, -0.05) is 13.8 Å². The van der Waals surface area contributed by atoms with E-state index in [1.165, 1.54) is 0 Å². The molecule has 0 bridgehead atoms. The zero-order valence-corrected chi connectivity index (χ0v) is 9.58. The fourth-order valence-corrected chi connectivity index (χ4v) is 1.36. The predicted molar refractivity (Wildman–Crippen MR) is 61.8 cm³/mol. The van der Waals surface area contributed by atoms with Crippen LogP contribution in [0.5, 0.6) is 0 Å². The fourth-order valence-electron chi connectivity index (χ4n) is 1.36. The summed E-state index contributed by atoms with van der Waals surface area (Å²) < 4.78 is 0. The molecule has 0 fully saturated rings. The number of ketones is 1. The Labute approximate surface area is 90.7 Å². The molecular weight excluding hydrogens is 188 g/mol. The number of aromatic nitrogens is 1. The van der Waals surface area contributed by atoms with Crippen molar-refractivity contribution in [3.05, 3.63) is 23.4 Å². The van der Waals surface area contributed by atoms with Gasteiger partial charge in [0, 0.05) is 12.6 Å². The first kappa shape index (κ1) is 11.7. The molecule has 1 aromatic heterocycles. The van der Waals surface area contributed by atoms with Gasteiger partial charge in [0.15, 0.2) is 5.78 Å². The Bertz CT molecular complexity index is 359. The maximum absolute atomic E-state index is 11.8. The molecule has 82 valence electrons. The van der Waals surface area contributed by atoms with Crippen molar-refractivity contribution in [3.8, 4) is 0 Å². The van der Waals surface area contributed by atoms with Gasteiger partial charge in [0.2, 0.25) is 0 Å². The van der Waals surface area contributed by atoms with Crippen LogP contribution in [0.25, 0.3) is 0 Å². The summed E-state index contributed by atoms with van der Waals surface area (Å²) in [4.78, 5) is 15.8. The van der Waals surface area contributed by atoms with E-state index < -0.39 is 0 Å². The van der Waals surface area contributed by atoms with E-state index in [-0.39, 0.29) is 5.78 Å². The van der Waals surface area contributed by atoms with Gasteiger partial charge in [-0.15, -0.1) is 0 Å². The van der Waals surface area contributed by atoms with Gasteiger partial charge in [-0.3, -0.25) is 4.79 Å². The summed E-state index contributed by atoms with van der Waals surface area (Å²) in [7, 11) is 0. The van der Waals surface area contributed by atoms with Crippen LogP contribution in [0, 0.1) is 12.8 Å². The van der Waals surface area contributed by atoms with E-state index in [0.717, 1.165) is 12.0 Å². The number of pyridine rings is 1. The van der Waals surface area contributed by atoms with Crippen LogP contribution in [0.2, 0.25) is 0 Å². The predicted octanol–water partition coefficient (Wildman–Crippen LogP) is 2.59. The number of nitrogen functional groups attached to an aromatic ring is 1. The molecule has 1 aromatic rings. The number of hydrogen-bond donors (Lipinski definition) is 1. The van der Waals surface area contributed by atoms with Crippen LogP contribution in [0.15, 0.2) is 12.3 Å². The summed E-state index contributed by atoms with van der Waals surface area (Å²) >= 11 is 0. The highest BCUT2D eigenvalue weighted by atomic mass is 16.1. The summed E-state index contributed by atoms with van der Waals surface area (Å²) in [6.45, 7) is 6.11. The van der Waals surface area contributed by atoms with E-state index >= 15 is 0 Å². The lowest BCUT2D eigenvalue weighted by Crippen LogP contribution is -2.07. The summed E-state index contributed by atoms with van der Waals surface area (Å²) in [6.07, 6.45) is 3.12. The molecule has 0 aliphatic rings. The molecule has 0 saturated carbocycles. The van der Waals surface area contributed by atoms with Gasteiger partial charge in [0.25, 0.3) is 0 Å². The number of Topliss-reactive ketones (excluding diaryl/α,β-unsaturated/α-hetero) is 1. The number of anilines is 1. The van der Waals surface area contributed by atoms with E-state index in [1.54, 1.807) is 6.20 Å². The van der Waals surface area contributed by atoms with Crippen molar-refractivity contribution in [2.45, 2.75) is 33.6 Å². The lowest BCUT2D eigenvalue weighted by molar-refractivity contribution is 0.0976. The molecule has 0 saturated heterocycles. The monoisotopic (exact) mass is 206 g/mol. The van der Waals surface area contributed by atoms with E-state index in [4.69, 9.17) is 5.73 Å². The van der Waals surface area contributed by atoms with E-state index in [1.807, 2.05) is 13.0 Å². The molecule has 3 heteroatoms. The Morgan fingerprint density at radius 1 is 1.53 bits per heavy atom. The average Bonchev–Trinajstić information content (AvgIpc) is 2.18. The van der Waals surface area contributed by atoms with Crippen molar-refractivity contribution in [2.75, 3.05) is 5.73 Å². The first-order valence-electron chi connectivity index (χ1n) is 5.26. The average molecular weight is 206 g/mol. The second-order valence-corrected chi connectivity index (χ2v) is 4.30. The van der Waals surface area contributed by atoms with Crippen LogP contribution in [-0.4, -0.2) is 10.8 Å². The number of nitrogens with two attached hydrogens (primary N) is 1. The van der Waals surface area contributed by atoms with Gasteiger partial charge in [-0.25, -0.2) is 4.98 Å². The van der Waals surface area contributed by atoms with Gasteiger partial charge in [0.05, 0.1) is 5.56 Å². The van der Waals surface area contributed by atoms with Crippen LogP contribution in [0.3, 0.4) is 0 Å². The van der Waals surface area contributed by atoms with Crippen molar-refractivity contribution in [1.82, 2.24) is 4.98 Å². The van der Waals surface area contributed by atoms with Gasteiger partial charge in [0.1, 0.15) is 5.82 Å². The highest BCUT2D eigenvalue weighted by Crippen LogP contribution is 2.15. The first-order chi connectivity index (χ1) is 7.00. The number of aryl methyl sites for hydroxylation is 1. The lowest BCUT2D eigenvalue weighted by Gasteiger charge is -2.06. The van der Waals surface area contributed by atoms with Crippen LogP contribution in [0.4, 0.5) is 5.82 Å². The summed E-state index contributed by atoms with van der Waals surface area (Å²) in [5, 5.41) is 0. The minimum atomic E-state index is 0.0948. The molecule has 0 radical (unpaired) electrons. The summed E-state index contributed by atoms with van der Waals surface area (Å²) in [6, 6.07) is 1.81. The SMILES string of the molecule is Cc1cnc(N)c(C(=O)CCC(C)C)c1. The molecule has 1 rings (SSSR count). The molecule has 0 amide bonds. The number of rotatable bonds is 4. The van der Waals surface area contributed by atoms with Crippen molar-refractivity contribution < 1.29 is 4.79 Å². The second kappa shape index (κ2) is 4.91. The molecule has 0 spiro atoms. The van der Waals surface area contributed by atoms with Crippen LogP contribution < -0.4 is 5.73 Å². The van der Waals surface area contributed by atoms with Gasteiger partial charge in [-0.2, -0.15) is 0 Å². The number of carbonyl (C=O) groups is 1. The Hall–Kier alpha value is -1.38. The zero-order valence-electron chi connectivity index (χ0n) is 9.58. The number of carbonyl (C=O) groups excluding carboxylic acids is 1. The summed E-state index contributed by atoms with van der Waals surface area (Å²) in [5.74, 6) is 0.972. The third kappa shape index (κ3) is 3.35. The highest BCUT2D eigenvalue weighted by Gasteiger charge is 2.11. The molecule has 2 N–H and O–H groups in total. The van der Waals surface area contributed by atoms with Gasteiger partial charge >= 0.3 is 0 Å². The largest absolute Gasteiger partial charge is 0.383 e. The molecule has 0 aliphatic heterocycles. The normalized spacial score (nSPS) is 10.7. The Morgan fingerprint density at radius 3 is 2.80 bits per heavy atom. The highest BCUT2D eigenvalue weighted by molar-refractivity contribution is 6.00. The summed E-state index contributed by atoms with van der Waals surface area (Å²) in [5.41, 5.74) is 7.20. The van der Waals surface area contributed by atoms with Crippen LogP contribution >= 0.6 is 0 Å². The topological polar surface area (TPSA) is 56.0 Å². The minimum absolute atomic E-state index is 0.0948. The maximum atomic E-state index is 11.8. The number of hydrogen-bond acceptors (Lipinski definition) is 3. The molecule has 0 atom stereocenters. The lowest BCUT2D eigenvalue weighted by atomic mass is 10.0. The van der Waals surface area contributed by atoms with E-state index in [9.17, 15) is 4.79 Å². The van der Waals surface area contributed by atoms with E-state index in [0.29, 0.717) is 23.7 Å². The Kier molecular flexibility index (Phi) is 3.83. The Balaban J connectivity index is 2.77. The zero-order chi connectivity index (χ0) is 11.4. The third-order valence-corrected chi connectivity index (χ3v) is 2.30. The van der Waals surface area contributed by atoms with E-state index in [2.05, 4.69) is 18.8 Å². The van der Waals surface area contributed by atoms with Gasteiger partial charge in [-0.05, 0) is 30.9 Å². The molecule has 0 aromatic carbocycles. The molecule has 0 aliphatic carbocycles. The Morgan fingerprint density at radius 2 is 2.20 bits per heavy atom. The number of nitrogens with zero attached hydrogens (tertiary/aromatic N) is 1. The molecule has 15 heavy (non-hydrogen) atoms. The molecule has 0 unspecified atom stereocenters. The fraction of sp³-hybridized carbons (Fsp3) is 0.500. The van der Waals surface area contributed by atoms with Crippen LogP contribution in [-0.2, 0) is 0 Å². The maximum Gasteiger partial charge on any atom is 0.166 e. The smallest absolute Gasteiger partial charge is 0.166 e. The van der Waals surface area contributed by atoms with Crippen molar-refractivity contribution in [3.63, 3.8) is 0 Å². The second-order valence-electron chi connectivity index (χ2n) is 4.30.